The normalized spacial score (nSPS) is 26.2. The quantitative estimate of drug-likeness (QED) is 0.909. The van der Waals surface area contributed by atoms with Crippen molar-refractivity contribution in [1.29, 1.82) is 0 Å². The number of carbonyl (C=O) groups excluding carboxylic acids is 1. The Balaban J connectivity index is 1.33. The summed E-state index contributed by atoms with van der Waals surface area (Å²) in [7, 11) is 0. The topological polar surface area (TPSA) is 80.2 Å². The van der Waals surface area contributed by atoms with Crippen LogP contribution < -0.4 is 5.32 Å². The zero-order valence-electron chi connectivity index (χ0n) is 13.9. The summed E-state index contributed by atoms with van der Waals surface area (Å²) >= 11 is 0. The molecule has 2 aliphatic rings. The number of rotatable bonds is 4. The van der Waals surface area contributed by atoms with Crippen molar-refractivity contribution >= 4 is 11.7 Å². The SMILES string of the molecule is O=C(Nc1cnccn1)[C@H]1C[C@@H]2CCN(Cc3cccnc3)C[C@H]2O1. The fraction of sp³-hybridized carbons (Fsp3) is 0.444. The predicted molar refractivity (Wildman–Crippen MR) is 91.6 cm³/mol. The van der Waals surface area contributed by atoms with E-state index in [1.165, 1.54) is 11.8 Å². The summed E-state index contributed by atoms with van der Waals surface area (Å²) in [6.45, 7) is 2.75. The summed E-state index contributed by atoms with van der Waals surface area (Å²) in [6.07, 6.45) is 9.90. The number of aromatic nitrogens is 3. The highest BCUT2D eigenvalue weighted by atomic mass is 16.5. The van der Waals surface area contributed by atoms with E-state index >= 15 is 0 Å². The van der Waals surface area contributed by atoms with Gasteiger partial charge in [-0.25, -0.2) is 4.98 Å². The van der Waals surface area contributed by atoms with Gasteiger partial charge in [-0.15, -0.1) is 0 Å². The predicted octanol–water partition coefficient (Wildman–Crippen LogP) is 1.49. The molecule has 0 bridgehead atoms. The molecule has 4 rings (SSSR count). The Morgan fingerprint density at radius 2 is 2.20 bits per heavy atom. The van der Waals surface area contributed by atoms with Crippen LogP contribution >= 0.6 is 0 Å². The second-order valence-electron chi connectivity index (χ2n) is 6.62. The third-order valence-electron chi connectivity index (χ3n) is 4.87. The maximum absolute atomic E-state index is 12.4. The number of fused-ring (bicyclic) bond motifs is 1. The van der Waals surface area contributed by atoms with Gasteiger partial charge in [0.05, 0.1) is 12.3 Å². The zero-order valence-corrected chi connectivity index (χ0v) is 13.9. The number of pyridine rings is 1. The number of ether oxygens (including phenoxy) is 1. The minimum absolute atomic E-state index is 0.114. The number of amides is 1. The first-order valence-corrected chi connectivity index (χ1v) is 8.61. The highest BCUT2D eigenvalue weighted by Crippen LogP contribution is 2.34. The molecule has 7 heteroatoms. The number of likely N-dealkylation sites (tertiary alicyclic amines) is 1. The van der Waals surface area contributed by atoms with Crippen LogP contribution in [0, 0.1) is 5.92 Å². The van der Waals surface area contributed by atoms with Gasteiger partial charge in [-0.05, 0) is 36.9 Å². The summed E-state index contributed by atoms with van der Waals surface area (Å²) in [4.78, 5) is 27.0. The standard InChI is InChI=1S/C18H21N5O2/c24-18(22-17-10-20-5-6-21-17)15-8-14-3-7-23(12-16(14)25-15)11-13-2-1-4-19-9-13/h1-2,4-6,9-10,14-16H,3,7-8,11-12H2,(H,21,22,24)/t14-,15+,16+/m0/s1. The van der Waals surface area contributed by atoms with Crippen LogP contribution in [0.2, 0.25) is 0 Å². The first-order chi connectivity index (χ1) is 12.3. The molecule has 0 aromatic carbocycles. The number of hydrogen-bond acceptors (Lipinski definition) is 6. The largest absolute Gasteiger partial charge is 0.364 e. The number of hydrogen-bond donors (Lipinski definition) is 1. The molecule has 2 aliphatic heterocycles. The van der Waals surface area contributed by atoms with Crippen LogP contribution in [0.5, 0.6) is 0 Å². The number of piperidine rings is 1. The summed E-state index contributed by atoms with van der Waals surface area (Å²) in [5.41, 5.74) is 1.20. The van der Waals surface area contributed by atoms with Gasteiger partial charge in [0.1, 0.15) is 6.10 Å². The monoisotopic (exact) mass is 339 g/mol. The third-order valence-corrected chi connectivity index (χ3v) is 4.87. The summed E-state index contributed by atoms with van der Waals surface area (Å²) in [5, 5.41) is 2.79. The molecule has 7 nitrogen and oxygen atoms in total. The van der Waals surface area contributed by atoms with Crippen LogP contribution in [0.25, 0.3) is 0 Å². The molecule has 0 radical (unpaired) electrons. The Bertz CT molecular complexity index is 712. The van der Waals surface area contributed by atoms with Crippen molar-refractivity contribution in [3.05, 3.63) is 48.7 Å². The Hall–Kier alpha value is -2.38. The van der Waals surface area contributed by atoms with Crippen molar-refractivity contribution in [2.75, 3.05) is 18.4 Å². The van der Waals surface area contributed by atoms with Crippen LogP contribution in [0.15, 0.2) is 43.1 Å². The highest BCUT2D eigenvalue weighted by molar-refractivity contribution is 5.93. The van der Waals surface area contributed by atoms with E-state index in [1.807, 2.05) is 12.3 Å². The van der Waals surface area contributed by atoms with Gasteiger partial charge in [0.2, 0.25) is 0 Å². The maximum Gasteiger partial charge on any atom is 0.254 e. The molecule has 2 saturated heterocycles. The summed E-state index contributed by atoms with van der Waals surface area (Å²) in [6, 6.07) is 4.05. The molecule has 0 unspecified atom stereocenters. The van der Waals surface area contributed by atoms with E-state index in [0.29, 0.717) is 11.7 Å². The molecule has 0 aliphatic carbocycles. The molecule has 4 heterocycles. The fourth-order valence-electron chi connectivity index (χ4n) is 3.63. The van der Waals surface area contributed by atoms with E-state index in [9.17, 15) is 4.79 Å². The Kier molecular flexibility index (Phi) is 4.67. The average molecular weight is 339 g/mol. The molecule has 0 spiro atoms. The van der Waals surface area contributed by atoms with Gasteiger partial charge >= 0.3 is 0 Å². The molecule has 3 atom stereocenters. The lowest BCUT2D eigenvalue weighted by Crippen LogP contribution is -2.41. The molecular weight excluding hydrogens is 318 g/mol. The molecule has 130 valence electrons. The minimum Gasteiger partial charge on any atom is -0.364 e. The number of nitrogens with zero attached hydrogens (tertiary/aromatic N) is 4. The lowest BCUT2D eigenvalue weighted by molar-refractivity contribution is -0.127. The van der Waals surface area contributed by atoms with E-state index in [0.717, 1.165) is 32.5 Å². The molecule has 1 amide bonds. The van der Waals surface area contributed by atoms with Crippen LogP contribution in [-0.4, -0.2) is 51.1 Å². The van der Waals surface area contributed by atoms with Gasteiger partial charge < -0.3 is 10.1 Å². The van der Waals surface area contributed by atoms with Crippen LogP contribution in [0.3, 0.4) is 0 Å². The second kappa shape index (κ2) is 7.25. The van der Waals surface area contributed by atoms with Crippen molar-refractivity contribution in [2.45, 2.75) is 31.6 Å². The summed E-state index contributed by atoms with van der Waals surface area (Å²) < 4.78 is 6.05. The first kappa shape index (κ1) is 16.1. The maximum atomic E-state index is 12.4. The number of nitrogens with one attached hydrogen (secondary N) is 1. The molecule has 2 fully saturated rings. The number of anilines is 1. The van der Waals surface area contributed by atoms with E-state index < -0.39 is 6.10 Å². The minimum atomic E-state index is -0.407. The Morgan fingerprint density at radius 3 is 3.00 bits per heavy atom. The van der Waals surface area contributed by atoms with Gasteiger partial charge in [0, 0.05) is 37.9 Å². The van der Waals surface area contributed by atoms with Gasteiger partial charge in [-0.1, -0.05) is 6.07 Å². The Morgan fingerprint density at radius 1 is 1.28 bits per heavy atom. The third kappa shape index (κ3) is 3.83. The van der Waals surface area contributed by atoms with E-state index in [4.69, 9.17) is 4.74 Å². The first-order valence-electron chi connectivity index (χ1n) is 8.61. The van der Waals surface area contributed by atoms with Crippen molar-refractivity contribution in [2.24, 2.45) is 5.92 Å². The smallest absolute Gasteiger partial charge is 0.254 e. The van der Waals surface area contributed by atoms with Crippen LogP contribution in [0.4, 0.5) is 5.82 Å². The summed E-state index contributed by atoms with van der Waals surface area (Å²) in [5.74, 6) is 0.778. The van der Waals surface area contributed by atoms with Gasteiger partial charge in [0.25, 0.3) is 5.91 Å². The molecule has 2 aromatic rings. The van der Waals surface area contributed by atoms with Crippen LogP contribution in [-0.2, 0) is 16.1 Å². The molecule has 25 heavy (non-hydrogen) atoms. The lowest BCUT2D eigenvalue weighted by Gasteiger charge is -2.33. The molecule has 0 saturated carbocycles. The molecule has 1 N–H and O–H groups in total. The fourth-order valence-corrected chi connectivity index (χ4v) is 3.63. The van der Waals surface area contributed by atoms with Gasteiger partial charge in [0.15, 0.2) is 5.82 Å². The van der Waals surface area contributed by atoms with Crippen molar-refractivity contribution in [3.8, 4) is 0 Å². The molecular formula is C18H21N5O2. The lowest BCUT2D eigenvalue weighted by atomic mass is 9.91. The molecule has 2 aromatic heterocycles. The van der Waals surface area contributed by atoms with Gasteiger partial charge in [-0.2, -0.15) is 0 Å². The van der Waals surface area contributed by atoms with E-state index in [2.05, 4.69) is 31.2 Å². The van der Waals surface area contributed by atoms with Gasteiger partial charge in [-0.3, -0.25) is 19.7 Å². The van der Waals surface area contributed by atoms with Crippen molar-refractivity contribution in [1.82, 2.24) is 19.9 Å². The number of carbonyl (C=O) groups is 1. The zero-order chi connectivity index (χ0) is 17.1. The van der Waals surface area contributed by atoms with Crippen molar-refractivity contribution < 1.29 is 9.53 Å². The second-order valence-corrected chi connectivity index (χ2v) is 6.62. The van der Waals surface area contributed by atoms with E-state index in [1.54, 1.807) is 18.6 Å². The highest BCUT2D eigenvalue weighted by Gasteiger charge is 2.41. The Labute approximate surface area is 146 Å². The van der Waals surface area contributed by atoms with Crippen LogP contribution in [0.1, 0.15) is 18.4 Å². The van der Waals surface area contributed by atoms with Crippen molar-refractivity contribution in [3.63, 3.8) is 0 Å². The van der Waals surface area contributed by atoms with E-state index in [-0.39, 0.29) is 12.0 Å². The average Bonchev–Trinajstić information content (AvgIpc) is 3.07.